The van der Waals surface area contributed by atoms with Crippen molar-refractivity contribution in [2.45, 2.75) is 12.8 Å². The van der Waals surface area contributed by atoms with Crippen molar-refractivity contribution in [3.8, 4) is 5.75 Å². The smallest absolute Gasteiger partial charge is 0.306 e. The molecule has 0 atom stereocenters. The van der Waals surface area contributed by atoms with Crippen molar-refractivity contribution in [2.75, 3.05) is 24.4 Å². The van der Waals surface area contributed by atoms with E-state index in [1.165, 1.54) is 25.3 Å². The van der Waals surface area contributed by atoms with Gasteiger partial charge in [-0.05, 0) is 36.4 Å². The van der Waals surface area contributed by atoms with Crippen LogP contribution in [-0.2, 0) is 19.1 Å². The molecule has 2 aromatic rings. The Morgan fingerprint density at radius 3 is 2.34 bits per heavy atom. The first-order valence-corrected chi connectivity index (χ1v) is 9.46. The summed E-state index contributed by atoms with van der Waals surface area (Å²) in [5.74, 6) is -1.24. The molecule has 0 bridgehead atoms. The summed E-state index contributed by atoms with van der Waals surface area (Å²) in [4.78, 5) is 35.6. The van der Waals surface area contributed by atoms with Gasteiger partial charge in [0.2, 0.25) is 5.91 Å². The molecule has 7 nitrogen and oxygen atoms in total. The lowest BCUT2D eigenvalue weighted by molar-refractivity contribution is -0.147. The van der Waals surface area contributed by atoms with Crippen LogP contribution in [0, 0.1) is 0 Å². The average molecular weight is 460 g/mol. The molecule has 0 aromatic heterocycles. The Morgan fingerprint density at radius 2 is 1.66 bits per heavy atom. The second-order valence-corrected chi connectivity index (χ2v) is 6.98. The third kappa shape index (κ3) is 7.45. The van der Waals surface area contributed by atoms with E-state index in [1.54, 1.807) is 18.2 Å². The molecule has 0 heterocycles. The molecule has 0 saturated heterocycles. The van der Waals surface area contributed by atoms with E-state index in [9.17, 15) is 14.4 Å². The molecular formula is C19H17Cl3N2O5. The highest BCUT2D eigenvalue weighted by atomic mass is 35.5. The van der Waals surface area contributed by atoms with E-state index in [4.69, 9.17) is 44.3 Å². The number of hydrogen-bond donors (Lipinski definition) is 2. The van der Waals surface area contributed by atoms with Gasteiger partial charge in [0.15, 0.2) is 6.61 Å². The number of esters is 1. The standard InChI is InChI=1S/C19H17Cl3N2O5/c1-28-16-5-2-11(20)8-15(16)24-17(25)6-7-19(27)29-10-18(26)23-12-3-4-13(21)14(22)9-12/h2-5,8-9H,6-7,10H2,1H3,(H,23,26)(H,24,25). The topological polar surface area (TPSA) is 93.7 Å². The molecule has 2 rings (SSSR count). The lowest BCUT2D eigenvalue weighted by atomic mass is 10.2. The lowest BCUT2D eigenvalue weighted by Gasteiger charge is -2.10. The van der Waals surface area contributed by atoms with Crippen molar-refractivity contribution in [1.82, 2.24) is 0 Å². The number of rotatable bonds is 8. The van der Waals surface area contributed by atoms with Crippen LogP contribution in [0.5, 0.6) is 5.75 Å². The van der Waals surface area contributed by atoms with Crippen molar-refractivity contribution in [3.63, 3.8) is 0 Å². The van der Waals surface area contributed by atoms with E-state index in [2.05, 4.69) is 10.6 Å². The summed E-state index contributed by atoms with van der Waals surface area (Å²) in [5.41, 5.74) is 0.801. The fourth-order valence-electron chi connectivity index (χ4n) is 2.20. The highest BCUT2D eigenvalue weighted by Gasteiger charge is 2.13. The fraction of sp³-hybridized carbons (Fsp3) is 0.211. The molecule has 0 aliphatic rings. The van der Waals surface area contributed by atoms with Crippen LogP contribution >= 0.6 is 34.8 Å². The third-order valence-corrected chi connectivity index (χ3v) is 4.53. The van der Waals surface area contributed by atoms with Crippen LogP contribution in [-0.4, -0.2) is 31.5 Å². The van der Waals surface area contributed by atoms with Crippen molar-refractivity contribution in [2.24, 2.45) is 0 Å². The van der Waals surface area contributed by atoms with Gasteiger partial charge in [-0.2, -0.15) is 0 Å². The molecule has 29 heavy (non-hydrogen) atoms. The Bertz CT molecular complexity index is 921. The number of carbonyl (C=O) groups is 3. The van der Waals surface area contributed by atoms with Gasteiger partial charge in [-0.1, -0.05) is 34.8 Å². The molecule has 0 saturated carbocycles. The van der Waals surface area contributed by atoms with Crippen LogP contribution in [0.4, 0.5) is 11.4 Å². The maximum atomic E-state index is 12.0. The molecule has 2 amide bonds. The molecule has 0 radical (unpaired) electrons. The SMILES string of the molecule is COc1ccc(Cl)cc1NC(=O)CCC(=O)OCC(=O)Nc1ccc(Cl)c(Cl)c1. The van der Waals surface area contributed by atoms with Crippen molar-refractivity contribution in [1.29, 1.82) is 0 Å². The highest BCUT2D eigenvalue weighted by Crippen LogP contribution is 2.28. The van der Waals surface area contributed by atoms with Crippen LogP contribution in [0.2, 0.25) is 15.1 Å². The van der Waals surface area contributed by atoms with Crippen LogP contribution in [0.15, 0.2) is 36.4 Å². The van der Waals surface area contributed by atoms with Crippen LogP contribution in [0.3, 0.4) is 0 Å². The van der Waals surface area contributed by atoms with Gasteiger partial charge in [-0.25, -0.2) is 0 Å². The van der Waals surface area contributed by atoms with Crippen LogP contribution < -0.4 is 15.4 Å². The van der Waals surface area contributed by atoms with E-state index in [1.807, 2.05) is 0 Å². The number of anilines is 2. The van der Waals surface area contributed by atoms with Gasteiger partial charge >= 0.3 is 5.97 Å². The van der Waals surface area contributed by atoms with Crippen LogP contribution in [0.1, 0.15) is 12.8 Å². The molecule has 0 spiro atoms. The molecule has 2 N–H and O–H groups in total. The second-order valence-electron chi connectivity index (χ2n) is 5.73. The summed E-state index contributed by atoms with van der Waals surface area (Å²) in [6.45, 7) is -0.497. The first kappa shape index (κ1) is 22.8. The van der Waals surface area contributed by atoms with Crippen LogP contribution in [0.25, 0.3) is 0 Å². The summed E-state index contributed by atoms with van der Waals surface area (Å²) in [5, 5.41) is 6.18. The quantitative estimate of drug-likeness (QED) is 0.565. The van der Waals surface area contributed by atoms with Gasteiger partial charge in [0, 0.05) is 17.1 Å². The molecule has 154 valence electrons. The Morgan fingerprint density at radius 1 is 0.897 bits per heavy atom. The molecule has 0 fully saturated rings. The monoisotopic (exact) mass is 458 g/mol. The van der Waals surface area contributed by atoms with Gasteiger partial charge in [-0.15, -0.1) is 0 Å². The molecule has 0 unspecified atom stereocenters. The molecule has 2 aromatic carbocycles. The zero-order valence-electron chi connectivity index (χ0n) is 15.3. The Labute approximate surface area is 182 Å². The highest BCUT2D eigenvalue weighted by molar-refractivity contribution is 6.42. The minimum absolute atomic E-state index is 0.136. The van der Waals surface area contributed by atoms with Crippen molar-refractivity contribution < 1.29 is 23.9 Å². The average Bonchev–Trinajstić information content (AvgIpc) is 2.68. The van der Waals surface area contributed by atoms with Gasteiger partial charge in [0.05, 0.1) is 29.3 Å². The number of carbonyl (C=O) groups excluding carboxylic acids is 3. The van der Waals surface area contributed by atoms with Crippen molar-refractivity contribution >= 4 is 64.0 Å². The van der Waals surface area contributed by atoms with E-state index < -0.39 is 24.4 Å². The Hall–Kier alpha value is -2.48. The third-order valence-electron chi connectivity index (χ3n) is 3.56. The number of amides is 2. The molecule has 10 heteroatoms. The van der Waals surface area contributed by atoms with E-state index in [0.29, 0.717) is 27.2 Å². The number of ether oxygens (including phenoxy) is 2. The van der Waals surface area contributed by atoms with Gasteiger partial charge in [0.1, 0.15) is 5.75 Å². The van der Waals surface area contributed by atoms with Crippen molar-refractivity contribution in [3.05, 3.63) is 51.5 Å². The number of halogens is 3. The summed E-state index contributed by atoms with van der Waals surface area (Å²) in [7, 11) is 1.46. The fourth-order valence-corrected chi connectivity index (χ4v) is 2.67. The normalized spacial score (nSPS) is 10.2. The number of nitrogens with one attached hydrogen (secondary N) is 2. The predicted molar refractivity (Wildman–Crippen MR) is 112 cm³/mol. The maximum absolute atomic E-state index is 12.0. The van der Waals surface area contributed by atoms with Gasteiger partial charge in [-0.3, -0.25) is 14.4 Å². The Balaban J connectivity index is 1.75. The van der Waals surface area contributed by atoms with Gasteiger partial charge < -0.3 is 20.1 Å². The Kier molecular flexibility index (Phi) is 8.57. The van der Waals surface area contributed by atoms with E-state index in [-0.39, 0.29) is 17.9 Å². The summed E-state index contributed by atoms with van der Waals surface area (Å²) < 4.78 is 9.99. The zero-order chi connectivity index (χ0) is 21.4. The van der Waals surface area contributed by atoms with E-state index in [0.717, 1.165) is 0 Å². The minimum atomic E-state index is -0.692. The van der Waals surface area contributed by atoms with E-state index >= 15 is 0 Å². The first-order valence-electron chi connectivity index (χ1n) is 8.32. The summed E-state index contributed by atoms with van der Waals surface area (Å²) >= 11 is 17.6. The number of hydrogen-bond acceptors (Lipinski definition) is 5. The summed E-state index contributed by atoms with van der Waals surface area (Å²) in [6.07, 6.45) is -0.336. The minimum Gasteiger partial charge on any atom is -0.495 e. The largest absolute Gasteiger partial charge is 0.495 e. The molecule has 0 aliphatic carbocycles. The number of methoxy groups -OCH3 is 1. The van der Waals surface area contributed by atoms with Gasteiger partial charge in [0.25, 0.3) is 5.91 Å². The molecule has 0 aliphatic heterocycles. The molecular weight excluding hydrogens is 443 g/mol. The lowest BCUT2D eigenvalue weighted by Crippen LogP contribution is -2.21. The predicted octanol–water partition coefficient (Wildman–Crippen LogP) is 4.56. The second kappa shape index (κ2) is 10.9. The summed E-state index contributed by atoms with van der Waals surface area (Å²) in [6, 6.07) is 9.32. The first-order chi connectivity index (χ1) is 13.8. The maximum Gasteiger partial charge on any atom is 0.306 e. The number of benzene rings is 2. The zero-order valence-corrected chi connectivity index (χ0v) is 17.5.